The van der Waals surface area contributed by atoms with Gasteiger partial charge in [0, 0.05) is 12.1 Å². The van der Waals surface area contributed by atoms with E-state index in [-0.39, 0.29) is 30.1 Å². The molecule has 2 aromatic carbocycles. The highest BCUT2D eigenvalue weighted by Gasteiger charge is 2.34. The summed E-state index contributed by atoms with van der Waals surface area (Å²) in [5.74, 6) is -0.446. The van der Waals surface area contributed by atoms with Crippen LogP contribution in [0.15, 0.2) is 48.5 Å². The average Bonchev–Trinajstić information content (AvgIpc) is 2.68. The van der Waals surface area contributed by atoms with Crippen LogP contribution in [0.3, 0.4) is 0 Å². The smallest absolute Gasteiger partial charge is 0.251 e. The lowest BCUT2D eigenvalue weighted by Crippen LogP contribution is -2.46. The molecule has 0 unspecified atom stereocenters. The molecule has 1 aliphatic carbocycles. The third-order valence-electron chi connectivity index (χ3n) is 4.97. The van der Waals surface area contributed by atoms with Crippen molar-refractivity contribution in [1.82, 2.24) is 5.32 Å². The molecule has 3 N–H and O–H groups in total. The number of phenols is 1. The van der Waals surface area contributed by atoms with Gasteiger partial charge in [0.2, 0.25) is 0 Å². The van der Waals surface area contributed by atoms with Crippen molar-refractivity contribution in [3.63, 3.8) is 0 Å². The van der Waals surface area contributed by atoms with E-state index in [0.29, 0.717) is 37.9 Å². The lowest BCUT2D eigenvalue weighted by molar-refractivity contribution is -0.0582. The molecule has 0 heterocycles. The topological polar surface area (TPSA) is 78.8 Å². The maximum absolute atomic E-state index is 12.9. The Morgan fingerprint density at radius 2 is 1.74 bits per heavy atom. The standard InChI is InChI=1S/C21H24FNO4/c22-17-5-1-15(2-6-17)13-27-19-9-11-21(26,12-10-19)14-23-20(25)16-3-7-18(24)8-4-16/h1-8,19,24,26H,9-14H2,(H,23,25)/t19-,21-. The Balaban J connectivity index is 1.42. The first kappa shape index (κ1) is 19.3. The van der Waals surface area contributed by atoms with E-state index >= 15 is 0 Å². The Morgan fingerprint density at radius 1 is 1.11 bits per heavy atom. The molecule has 2 aromatic rings. The Kier molecular flexibility index (Phi) is 6.08. The van der Waals surface area contributed by atoms with Crippen LogP contribution in [0.2, 0.25) is 0 Å². The van der Waals surface area contributed by atoms with E-state index in [9.17, 15) is 19.4 Å². The second-order valence-electron chi connectivity index (χ2n) is 7.09. The van der Waals surface area contributed by atoms with E-state index in [1.54, 1.807) is 12.1 Å². The number of hydrogen-bond donors (Lipinski definition) is 3. The molecule has 6 heteroatoms. The predicted molar refractivity (Wildman–Crippen MR) is 98.8 cm³/mol. The van der Waals surface area contributed by atoms with Crippen LogP contribution in [0.25, 0.3) is 0 Å². The largest absolute Gasteiger partial charge is 0.508 e. The third-order valence-corrected chi connectivity index (χ3v) is 4.97. The Hall–Kier alpha value is -2.44. The Bertz CT molecular complexity index is 753. The van der Waals surface area contributed by atoms with Gasteiger partial charge in [-0.3, -0.25) is 4.79 Å². The third kappa shape index (κ3) is 5.52. The van der Waals surface area contributed by atoms with Crippen molar-refractivity contribution in [3.8, 4) is 5.75 Å². The van der Waals surface area contributed by atoms with E-state index in [4.69, 9.17) is 4.74 Å². The number of amides is 1. The minimum atomic E-state index is -0.942. The first-order valence-corrected chi connectivity index (χ1v) is 9.09. The zero-order valence-corrected chi connectivity index (χ0v) is 15.0. The van der Waals surface area contributed by atoms with Crippen LogP contribution < -0.4 is 5.32 Å². The Morgan fingerprint density at radius 3 is 2.37 bits per heavy atom. The molecule has 0 aliphatic heterocycles. The van der Waals surface area contributed by atoms with Crippen molar-refractivity contribution in [2.24, 2.45) is 0 Å². The molecule has 0 bridgehead atoms. The van der Waals surface area contributed by atoms with Gasteiger partial charge >= 0.3 is 0 Å². The fraction of sp³-hybridized carbons (Fsp3) is 0.381. The first-order valence-electron chi connectivity index (χ1n) is 9.09. The number of benzene rings is 2. The minimum absolute atomic E-state index is 0.0446. The number of carbonyl (C=O) groups is 1. The second-order valence-corrected chi connectivity index (χ2v) is 7.09. The maximum Gasteiger partial charge on any atom is 0.251 e. The summed E-state index contributed by atoms with van der Waals surface area (Å²) in [6.07, 6.45) is 2.52. The van der Waals surface area contributed by atoms with Crippen LogP contribution in [0.1, 0.15) is 41.6 Å². The van der Waals surface area contributed by atoms with Crippen LogP contribution in [0.4, 0.5) is 4.39 Å². The van der Waals surface area contributed by atoms with Gasteiger partial charge in [-0.15, -0.1) is 0 Å². The van der Waals surface area contributed by atoms with Crippen molar-refractivity contribution in [3.05, 3.63) is 65.5 Å². The molecule has 3 rings (SSSR count). The van der Waals surface area contributed by atoms with Crippen molar-refractivity contribution < 1.29 is 24.1 Å². The van der Waals surface area contributed by atoms with Crippen LogP contribution in [-0.4, -0.2) is 34.4 Å². The summed E-state index contributed by atoms with van der Waals surface area (Å²) in [5.41, 5.74) is 0.411. The lowest BCUT2D eigenvalue weighted by atomic mass is 9.83. The van der Waals surface area contributed by atoms with Crippen molar-refractivity contribution in [1.29, 1.82) is 0 Å². The molecule has 0 atom stereocenters. The van der Waals surface area contributed by atoms with E-state index < -0.39 is 5.60 Å². The average molecular weight is 373 g/mol. The van der Waals surface area contributed by atoms with Gasteiger partial charge in [-0.25, -0.2) is 4.39 Å². The number of ether oxygens (including phenoxy) is 1. The van der Waals surface area contributed by atoms with E-state index in [1.807, 2.05) is 0 Å². The fourth-order valence-corrected chi connectivity index (χ4v) is 3.23. The van der Waals surface area contributed by atoms with Gasteiger partial charge in [-0.2, -0.15) is 0 Å². The zero-order chi connectivity index (χ0) is 19.3. The van der Waals surface area contributed by atoms with E-state index in [2.05, 4.69) is 5.32 Å². The number of phenolic OH excluding ortho intramolecular Hbond substituents is 1. The molecular formula is C21H24FNO4. The van der Waals surface area contributed by atoms with Crippen LogP contribution >= 0.6 is 0 Å². The zero-order valence-electron chi connectivity index (χ0n) is 15.0. The summed E-state index contributed by atoms with van der Waals surface area (Å²) in [7, 11) is 0. The number of carbonyl (C=O) groups excluding carboxylic acids is 1. The molecule has 144 valence electrons. The molecule has 0 saturated heterocycles. The predicted octanol–water partition coefficient (Wildman–Crippen LogP) is 3.15. The maximum atomic E-state index is 12.9. The van der Waals surface area contributed by atoms with E-state index in [1.165, 1.54) is 36.4 Å². The molecule has 1 aliphatic rings. The summed E-state index contributed by atoms with van der Waals surface area (Å²) in [5, 5.41) is 22.7. The minimum Gasteiger partial charge on any atom is -0.508 e. The number of aliphatic hydroxyl groups is 1. The summed E-state index contributed by atoms with van der Waals surface area (Å²) < 4.78 is 18.8. The Labute approximate surface area is 157 Å². The molecule has 1 saturated carbocycles. The normalized spacial score (nSPS) is 22.4. The molecule has 27 heavy (non-hydrogen) atoms. The highest BCUT2D eigenvalue weighted by atomic mass is 19.1. The van der Waals surface area contributed by atoms with Gasteiger partial charge in [0.25, 0.3) is 5.91 Å². The molecule has 1 amide bonds. The molecule has 0 spiro atoms. The molecule has 1 fully saturated rings. The van der Waals surface area contributed by atoms with Gasteiger partial charge in [0.1, 0.15) is 11.6 Å². The van der Waals surface area contributed by atoms with Crippen molar-refractivity contribution in [2.75, 3.05) is 6.54 Å². The number of aromatic hydroxyl groups is 1. The van der Waals surface area contributed by atoms with Gasteiger partial charge < -0.3 is 20.3 Å². The molecule has 0 radical (unpaired) electrons. The van der Waals surface area contributed by atoms with Gasteiger partial charge in [-0.1, -0.05) is 12.1 Å². The number of hydrogen-bond acceptors (Lipinski definition) is 4. The highest BCUT2D eigenvalue weighted by molar-refractivity contribution is 5.94. The highest BCUT2D eigenvalue weighted by Crippen LogP contribution is 2.30. The van der Waals surface area contributed by atoms with Gasteiger partial charge in [0.15, 0.2) is 0 Å². The summed E-state index contributed by atoms with van der Waals surface area (Å²) in [6.45, 7) is 0.596. The quantitative estimate of drug-likeness (QED) is 0.727. The number of rotatable bonds is 6. The second kappa shape index (κ2) is 8.50. The SMILES string of the molecule is O=C(NC[C@]1(O)CC[C@H](OCc2ccc(F)cc2)CC1)c1ccc(O)cc1. The summed E-state index contributed by atoms with van der Waals surface area (Å²) in [6, 6.07) is 12.2. The molecule has 0 aromatic heterocycles. The van der Waals surface area contributed by atoms with Gasteiger partial charge in [0.05, 0.1) is 18.3 Å². The number of nitrogens with one attached hydrogen (secondary N) is 1. The fourth-order valence-electron chi connectivity index (χ4n) is 3.23. The van der Waals surface area contributed by atoms with Crippen LogP contribution in [0, 0.1) is 5.82 Å². The summed E-state index contributed by atoms with van der Waals surface area (Å²) in [4.78, 5) is 12.1. The summed E-state index contributed by atoms with van der Waals surface area (Å²) >= 11 is 0. The van der Waals surface area contributed by atoms with Crippen LogP contribution in [0.5, 0.6) is 5.75 Å². The first-order chi connectivity index (χ1) is 12.9. The number of halogens is 1. The molecular weight excluding hydrogens is 349 g/mol. The van der Waals surface area contributed by atoms with Crippen molar-refractivity contribution >= 4 is 5.91 Å². The van der Waals surface area contributed by atoms with Gasteiger partial charge in [-0.05, 0) is 67.6 Å². The lowest BCUT2D eigenvalue weighted by Gasteiger charge is -2.36. The monoisotopic (exact) mass is 373 g/mol. The van der Waals surface area contributed by atoms with Crippen molar-refractivity contribution in [2.45, 2.75) is 44.0 Å². The molecule has 5 nitrogen and oxygen atoms in total. The van der Waals surface area contributed by atoms with E-state index in [0.717, 1.165) is 5.56 Å². The van der Waals surface area contributed by atoms with Crippen LogP contribution in [-0.2, 0) is 11.3 Å².